The summed E-state index contributed by atoms with van der Waals surface area (Å²) < 4.78 is 6.79. The molecule has 2 heterocycles. The molecule has 34 heavy (non-hydrogen) atoms. The van der Waals surface area contributed by atoms with E-state index < -0.39 is 12.1 Å². The number of aromatic nitrogens is 3. The highest BCUT2D eigenvalue weighted by atomic mass is 16.5. The molecule has 0 aliphatic rings. The number of carbonyl (C=O) groups excluding carboxylic acids is 2. The Hall–Kier alpha value is -4.52. The topological polar surface area (TPSA) is 94.0 Å². The van der Waals surface area contributed by atoms with Gasteiger partial charge in [0.25, 0.3) is 5.56 Å². The molecule has 0 fully saturated rings. The van der Waals surface area contributed by atoms with E-state index in [1.807, 2.05) is 54.6 Å². The zero-order valence-electron chi connectivity index (χ0n) is 18.4. The summed E-state index contributed by atoms with van der Waals surface area (Å²) in [5.41, 5.74) is 1.82. The molecule has 0 saturated carbocycles. The molecule has 0 amide bonds. The van der Waals surface area contributed by atoms with Crippen molar-refractivity contribution in [1.29, 1.82) is 0 Å². The molecule has 1 unspecified atom stereocenters. The van der Waals surface area contributed by atoms with Crippen molar-refractivity contribution in [1.82, 2.24) is 14.8 Å². The number of benzene rings is 3. The summed E-state index contributed by atoms with van der Waals surface area (Å²) in [7, 11) is 0. The molecule has 0 bridgehead atoms. The van der Waals surface area contributed by atoms with Crippen molar-refractivity contribution in [3.8, 4) is 0 Å². The van der Waals surface area contributed by atoms with Crippen molar-refractivity contribution < 1.29 is 14.3 Å². The molecule has 1 atom stereocenters. The van der Waals surface area contributed by atoms with Gasteiger partial charge >= 0.3 is 5.97 Å². The van der Waals surface area contributed by atoms with Crippen LogP contribution in [0.25, 0.3) is 21.7 Å². The van der Waals surface area contributed by atoms with Gasteiger partial charge in [0.15, 0.2) is 11.8 Å². The number of ketones is 1. The summed E-state index contributed by atoms with van der Waals surface area (Å²) in [4.78, 5) is 42.3. The SMILES string of the molecule is CC(OC(=O)c1nn(Cc2ccccc2)c(=O)c2ccccc12)C(=O)c1c[nH]c2ccccc12. The molecule has 1 N–H and O–H groups in total. The summed E-state index contributed by atoms with van der Waals surface area (Å²) in [5, 5.41) is 5.83. The first-order valence-corrected chi connectivity index (χ1v) is 10.9. The van der Waals surface area contributed by atoms with Crippen molar-refractivity contribution in [2.45, 2.75) is 19.6 Å². The summed E-state index contributed by atoms with van der Waals surface area (Å²) in [6.07, 6.45) is 0.576. The van der Waals surface area contributed by atoms with E-state index in [9.17, 15) is 14.4 Å². The van der Waals surface area contributed by atoms with E-state index in [-0.39, 0.29) is 23.6 Å². The van der Waals surface area contributed by atoms with Crippen LogP contribution in [0, 0.1) is 0 Å². The molecular formula is C27H21N3O4. The fourth-order valence-corrected chi connectivity index (χ4v) is 4.01. The van der Waals surface area contributed by atoms with Crippen LogP contribution in [0.3, 0.4) is 0 Å². The number of rotatable bonds is 6. The van der Waals surface area contributed by atoms with Crippen molar-refractivity contribution >= 4 is 33.4 Å². The predicted molar refractivity (Wildman–Crippen MR) is 129 cm³/mol. The van der Waals surface area contributed by atoms with Crippen LogP contribution in [-0.2, 0) is 11.3 Å². The second-order valence-corrected chi connectivity index (χ2v) is 8.00. The number of nitrogens with zero attached hydrogens (tertiary/aromatic N) is 2. The predicted octanol–water partition coefficient (Wildman–Crippen LogP) is 4.35. The molecule has 3 aromatic carbocycles. The number of Topliss-reactive ketones (excluding diaryl/α,β-unsaturated/α-hetero) is 1. The minimum atomic E-state index is -1.04. The summed E-state index contributed by atoms with van der Waals surface area (Å²) in [5.74, 6) is -1.09. The average molecular weight is 451 g/mol. The Kier molecular flexibility index (Phi) is 5.51. The van der Waals surface area contributed by atoms with Crippen molar-refractivity contribution in [3.05, 3.63) is 112 Å². The number of hydrogen-bond acceptors (Lipinski definition) is 5. The Bertz CT molecular complexity index is 1580. The van der Waals surface area contributed by atoms with Crippen molar-refractivity contribution in [3.63, 3.8) is 0 Å². The molecule has 0 aliphatic carbocycles. The smallest absolute Gasteiger partial charge is 0.360 e. The zero-order valence-corrected chi connectivity index (χ0v) is 18.4. The van der Waals surface area contributed by atoms with E-state index in [4.69, 9.17) is 4.74 Å². The van der Waals surface area contributed by atoms with Gasteiger partial charge < -0.3 is 9.72 Å². The summed E-state index contributed by atoms with van der Waals surface area (Å²) in [6, 6.07) is 23.6. The zero-order chi connectivity index (χ0) is 23.7. The van der Waals surface area contributed by atoms with Crippen LogP contribution in [0.5, 0.6) is 0 Å². The highest BCUT2D eigenvalue weighted by Crippen LogP contribution is 2.21. The molecule has 7 nitrogen and oxygen atoms in total. The van der Waals surface area contributed by atoms with Crippen LogP contribution < -0.4 is 5.56 Å². The number of esters is 1. The van der Waals surface area contributed by atoms with E-state index in [2.05, 4.69) is 10.1 Å². The Morgan fingerprint density at radius 1 is 0.912 bits per heavy atom. The normalized spacial score (nSPS) is 12.0. The molecule has 0 radical (unpaired) electrons. The van der Waals surface area contributed by atoms with Gasteiger partial charge in [-0.15, -0.1) is 0 Å². The number of ether oxygens (including phenoxy) is 1. The Balaban J connectivity index is 1.48. The number of fused-ring (bicyclic) bond motifs is 2. The van der Waals surface area contributed by atoms with Gasteiger partial charge in [-0.05, 0) is 24.6 Å². The lowest BCUT2D eigenvalue weighted by Gasteiger charge is -2.14. The standard InChI is InChI=1S/C27H21N3O4/c1-17(25(31)22-15-28-23-14-8-7-11-19(22)23)34-27(33)24-20-12-5-6-13-21(20)26(32)30(29-24)16-18-9-3-2-4-10-18/h2-15,17,28H,16H2,1H3. The first-order chi connectivity index (χ1) is 16.5. The van der Waals surface area contributed by atoms with Gasteiger partial charge in [-0.1, -0.05) is 66.7 Å². The van der Waals surface area contributed by atoms with E-state index in [0.29, 0.717) is 16.3 Å². The van der Waals surface area contributed by atoms with Crippen LogP contribution >= 0.6 is 0 Å². The number of para-hydroxylation sites is 1. The van der Waals surface area contributed by atoms with Gasteiger partial charge in [0.2, 0.25) is 5.78 Å². The molecule has 5 aromatic rings. The fraction of sp³-hybridized carbons (Fsp3) is 0.111. The van der Waals surface area contributed by atoms with Gasteiger partial charge in [-0.25, -0.2) is 9.48 Å². The van der Waals surface area contributed by atoms with Gasteiger partial charge in [0, 0.05) is 28.0 Å². The van der Waals surface area contributed by atoms with Gasteiger partial charge in [0.1, 0.15) is 0 Å². The molecule has 2 aromatic heterocycles. The van der Waals surface area contributed by atoms with Crippen LogP contribution in [0.2, 0.25) is 0 Å². The summed E-state index contributed by atoms with van der Waals surface area (Å²) in [6.45, 7) is 1.73. The van der Waals surface area contributed by atoms with Crippen LogP contribution in [0.1, 0.15) is 33.3 Å². The van der Waals surface area contributed by atoms with Crippen LogP contribution in [0.15, 0.2) is 89.9 Å². The fourth-order valence-electron chi connectivity index (χ4n) is 4.01. The second kappa shape index (κ2) is 8.78. The minimum absolute atomic E-state index is 0.00953. The second-order valence-electron chi connectivity index (χ2n) is 8.00. The number of carbonyl (C=O) groups is 2. The highest BCUT2D eigenvalue weighted by molar-refractivity contribution is 6.11. The average Bonchev–Trinajstić information content (AvgIpc) is 3.30. The molecule has 5 rings (SSSR count). The maximum absolute atomic E-state index is 13.2. The van der Waals surface area contributed by atoms with Crippen LogP contribution in [0.4, 0.5) is 0 Å². The number of nitrogens with one attached hydrogen (secondary N) is 1. The first kappa shape index (κ1) is 21.3. The van der Waals surface area contributed by atoms with E-state index in [1.165, 1.54) is 11.6 Å². The first-order valence-electron chi connectivity index (χ1n) is 10.9. The molecule has 0 aliphatic heterocycles. The lowest BCUT2D eigenvalue weighted by Crippen LogP contribution is -2.29. The summed E-state index contributed by atoms with van der Waals surface area (Å²) >= 11 is 0. The number of hydrogen-bond donors (Lipinski definition) is 1. The third-order valence-electron chi connectivity index (χ3n) is 5.74. The Morgan fingerprint density at radius 2 is 1.56 bits per heavy atom. The molecule has 0 spiro atoms. The maximum Gasteiger partial charge on any atom is 0.360 e. The maximum atomic E-state index is 13.2. The quantitative estimate of drug-likeness (QED) is 0.306. The third kappa shape index (κ3) is 3.88. The van der Waals surface area contributed by atoms with E-state index >= 15 is 0 Å². The van der Waals surface area contributed by atoms with Crippen molar-refractivity contribution in [2.75, 3.05) is 0 Å². The van der Waals surface area contributed by atoms with E-state index in [0.717, 1.165) is 16.5 Å². The number of H-pyrrole nitrogens is 1. The van der Waals surface area contributed by atoms with Gasteiger partial charge in [-0.2, -0.15) is 5.10 Å². The monoisotopic (exact) mass is 451 g/mol. The Morgan fingerprint density at radius 3 is 2.32 bits per heavy atom. The molecule has 168 valence electrons. The van der Waals surface area contributed by atoms with Crippen molar-refractivity contribution in [2.24, 2.45) is 0 Å². The highest BCUT2D eigenvalue weighted by Gasteiger charge is 2.25. The molecule has 7 heteroatoms. The minimum Gasteiger partial charge on any atom is -0.449 e. The lowest BCUT2D eigenvalue weighted by atomic mass is 10.1. The lowest BCUT2D eigenvalue weighted by molar-refractivity contribution is 0.0313. The van der Waals surface area contributed by atoms with E-state index in [1.54, 1.807) is 30.5 Å². The largest absolute Gasteiger partial charge is 0.449 e. The van der Waals surface area contributed by atoms with Gasteiger partial charge in [-0.3, -0.25) is 9.59 Å². The third-order valence-corrected chi connectivity index (χ3v) is 5.74. The molecular weight excluding hydrogens is 430 g/mol. The van der Waals surface area contributed by atoms with Crippen LogP contribution in [-0.4, -0.2) is 32.6 Å². The molecule has 0 saturated heterocycles. The number of aromatic amines is 1. The Labute approximate surface area is 194 Å². The van der Waals surface area contributed by atoms with Gasteiger partial charge in [0.05, 0.1) is 11.9 Å².